The Morgan fingerprint density at radius 1 is 1.39 bits per heavy atom. The minimum Gasteiger partial charge on any atom is -0.399 e. The number of nitrogens with two attached hydrogens (primary N) is 1. The van der Waals surface area contributed by atoms with Crippen LogP contribution in [-0.4, -0.2) is 30.4 Å². The van der Waals surface area contributed by atoms with Crippen molar-refractivity contribution >= 4 is 17.3 Å². The molecule has 2 rings (SSSR count). The lowest BCUT2D eigenvalue weighted by molar-refractivity contribution is -0.116. The number of likely N-dealkylation sites (tertiary alicyclic amines) is 1. The molecule has 1 aromatic carbocycles. The predicted molar refractivity (Wildman–Crippen MR) is 69.7 cm³/mol. The van der Waals surface area contributed by atoms with Gasteiger partial charge in [-0.3, -0.25) is 4.79 Å². The number of nitrogens with one attached hydrogen (secondary N) is 1. The van der Waals surface area contributed by atoms with E-state index in [1.54, 1.807) is 0 Å². The van der Waals surface area contributed by atoms with Crippen LogP contribution in [-0.2, 0) is 4.79 Å². The van der Waals surface area contributed by atoms with Gasteiger partial charge >= 0.3 is 0 Å². The number of anilines is 2. The first-order valence-electron chi connectivity index (χ1n) is 6.22. The predicted octanol–water partition coefficient (Wildman–Crippen LogP) is 1.83. The van der Waals surface area contributed by atoms with Crippen molar-refractivity contribution in [3.63, 3.8) is 0 Å². The van der Waals surface area contributed by atoms with Crippen LogP contribution < -0.4 is 11.1 Å². The summed E-state index contributed by atoms with van der Waals surface area (Å²) in [5, 5.41) is 2.55. The molecule has 3 N–H and O–H groups in total. The first-order valence-corrected chi connectivity index (χ1v) is 6.22. The van der Waals surface area contributed by atoms with Crippen molar-refractivity contribution in [2.75, 3.05) is 30.7 Å². The van der Waals surface area contributed by atoms with E-state index in [0.29, 0.717) is 12.1 Å². The highest BCUT2D eigenvalue weighted by atomic mass is 19.1. The van der Waals surface area contributed by atoms with Crippen molar-refractivity contribution in [1.29, 1.82) is 0 Å². The maximum absolute atomic E-state index is 13.4. The number of hydrogen-bond donors (Lipinski definition) is 2. The monoisotopic (exact) mass is 251 g/mol. The highest BCUT2D eigenvalue weighted by molar-refractivity contribution is 5.91. The summed E-state index contributed by atoms with van der Waals surface area (Å²) in [5.41, 5.74) is 6.14. The summed E-state index contributed by atoms with van der Waals surface area (Å²) in [6.45, 7) is 2.84. The van der Waals surface area contributed by atoms with Crippen LogP contribution in [0.5, 0.6) is 0 Å². The normalized spacial score (nSPS) is 15.8. The Kier molecular flexibility index (Phi) is 4.15. The SMILES string of the molecule is Nc1ccc(F)c(NC(=O)CCN2CCCC2)c1. The maximum atomic E-state index is 13.4. The van der Waals surface area contributed by atoms with Gasteiger partial charge in [-0.05, 0) is 44.1 Å². The molecule has 0 saturated carbocycles. The molecule has 1 fully saturated rings. The molecule has 18 heavy (non-hydrogen) atoms. The quantitative estimate of drug-likeness (QED) is 0.803. The zero-order valence-electron chi connectivity index (χ0n) is 10.3. The van der Waals surface area contributed by atoms with Gasteiger partial charge in [-0.2, -0.15) is 0 Å². The number of hydrogen-bond acceptors (Lipinski definition) is 3. The Hall–Kier alpha value is -1.62. The number of amides is 1. The van der Waals surface area contributed by atoms with Crippen molar-refractivity contribution in [2.45, 2.75) is 19.3 Å². The third kappa shape index (κ3) is 3.43. The van der Waals surface area contributed by atoms with Crippen LogP contribution in [0.2, 0.25) is 0 Å². The van der Waals surface area contributed by atoms with Crippen LogP contribution in [0.15, 0.2) is 18.2 Å². The van der Waals surface area contributed by atoms with Crippen molar-refractivity contribution < 1.29 is 9.18 Å². The zero-order valence-corrected chi connectivity index (χ0v) is 10.3. The minimum absolute atomic E-state index is 0.154. The van der Waals surface area contributed by atoms with Crippen LogP contribution in [0.4, 0.5) is 15.8 Å². The summed E-state index contributed by atoms with van der Waals surface area (Å²) in [6, 6.07) is 4.16. The fourth-order valence-corrected chi connectivity index (χ4v) is 2.12. The Balaban J connectivity index is 1.84. The topological polar surface area (TPSA) is 58.4 Å². The summed E-state index contributed by atoms with van der Waals surface area (Å²) >= 11 is 0. The van der Waals surface area contributed by atoms with E-state index in [0.717, 1.165) is 19.6 Å². The van der Waals surface area contributed by atoms with E-state index in [-0.39, 0.29) is 11.6 Å². The van der Waals surface area contributed by atoms with Gasteiger partial charge in [-0.25, -0.2) is 4.39 Å². The second kappa shape index (κ2) is 5.82. The average molecular weight is 251 g/mol. The van der Waals surface area contributed by atoms with E-state index in [2.05, 4.69) is 10.2 Å². The molecular formula is C13H18FN3O. The summed E-state index contributed by atoms with van der Waals surface area (Å²) < 4.78 is 13.4. The zero-order chi connectivity index (χ0) is 13.0. The molecule has 1 saturated heterocycles. The lowest BCUT2D eigenvalue weighted by Gasteiger charge is -2.14. The van der Waals surface area contributed by atoms with Gasteiger partial charge in [0.15, 0.2) is 0 Å². The molecule has 1 aliphatic heterocycles. The number of nitrogens with zero attached hydrogens (tertiary/aromatic N) is 1. The lowest BCUT2D eigenvalue weighted by Crippen LogP contribution is -2.25. The van der Waals surface area contributed by atoms with E-state index in [1.165, 1.54) is 31.0 Å². The Morgan fingerprint density at radius 3 is 2.83 bits per heavy atom. The van der Waals surface area contributed by atoms with Crippen LogP contribution in [0, 0.1) is 5.82 Å². The number of nitrogen functional groups attached to an aromatic ring is 1. The number of halogens is 1. The number of carbonyl (C=O) groups excluding carboxylic acids is 1. The molecule has 1 aliphatic rings. The molecule has 0 atom stereocenters. The van der Waals surface area contributed by atoms with Crippen LogP contribution in [0.3, 0.4) is 0 Å². The van der Waals surface area contributed by atoms with Crippen molar-refractivity contribution in [3.05, 3.63) is 24.0 Å². The van der Waals surface area contributed by atoms with Gasteiger partial charge in [0.2, 0.25) is 5.91 Å². The maximum Gasteiger partial charge on any atom is 0.225 e. The fourth-order valence-electron chi connectivity index (χ4n) is 2.12. The molecule has 1 heterocycles. The summed E-state index contributed by atoms with van der Waals surface area (Å²) in [6.07, 6.45) is 2.78. The Morgan fingerprint density at radius 2 is 2.11 bits per heavy atom. The van der Waals surface area contributed by atoms with Crippen LogP contribution in [0.25, 0.3) is 0 Å². The molecule has 5 heteroatoms. The largest absolute Gasteiger partial charge is 0.399 e. The molecule has 0 bridgehead atoms. The lowest BCUT2D eigenvalue weighted by atomic mass is 10.2. The van der Waals surface area contributed by atoms with E-state index < -0.39 is 5.82 Å². The van der Waals surface area contributed by atoms with Crippen molar-refractivity contribution in [2.24, 2.45) is 0 Å². The van der Waals surface area contributed by atoms with E-state index in [1.807, 2.05) is 0 Å². The summed E-state index contributed by atoms with van der Waals surface area (Å²) in [4.78, 5) is 13.9. The van der Waals surface area contributed by atoms with Gasteiger partial charge in [0.25, 0.3) is 0 Å². The second-order valence-electron chi connectivity index (χ2n) is 4.59. The summed E-state index contributed by atoms with van der Waals surface area (Å²) in [5.74, 6) is -0.634. The molecule has 0 radical (unpaired) electrons. The number of benzene rings is 1. The number of rotatable bonds is 4. The molecule has 4 nitrogen and oxygen atoms in total. The van der Waals surface area contributed by atoms with Gasteiger partial charge in [-0.1, -0.05) is 0 Å². The molecule has 1 aromatic rings. The van der Waals surface area contributed by atoms with Crippen molar-refractivity contribution in [1.82, 2.24) is 4.90 Å². The van der Waals surface area contributed by atoms with Gasteiger partial charge in [0.1, 0.15) is 5.82 Å². The average Bonchev–Trinajstić information content (AvgIpc) is 2.84. The standard InChI is InChI=1S/C13H18FN3O/c14-11-4-3-10(15)9-12(11)16-13(18)5-8-17-6-1-2-7-17/h3-4,9H,1-2,5-8,15H2,(H,16,18). The first-order chi connectivity index (χ1) is 8.65. The third-order valence-electron chi connectivity index (χ3n) is 3.12. The minimum atomic E-state index is -0.460. The smallest absolute Gasteiger partial charge is 0.225 e. The van der Waals surface area contributed by atoms with E-state index in [4.69, 9.17) is 5.73 Å². The van der Waals surface area contributed by atoms with Crippen LogP contribution >= 0.6 is 0 Å². The highest BCUT2D eigenvalue weighted by Gasteiger charge is 2.13. The third-order valence-corrected chi connectivity index (χ3v) is 3.12. The van der Waals surface area contributed by atoms with Gasteiger partial charge in [0.05, 0.1) is 5.69 Å². The summed E-state index contributed by atoms with van der Waals surface area (Å²) in [7, 11) is 0. The molecule has 0 unspecified atom stereocenters. The van der Waals surface area contributed by atoms with E-state index >= 15 is 0 Å². The van der Waals surface area contributed by atoms with Crippen molar-refractivity contribution in [3.8, 4) is 0 Å². The Bertz CT molecular complexity index is 430. The van der Waals surface area contributed by atoms with Gasteiger partial charge in [-0.15, -0.1) is 0 Å². The molecule has 0 aromatic heterocycles. The molecule has 0 aliphatic carbocycles. The highest BCUT2D eigenvalue weighted by Crippen LogP contribution is 2.17. The second-order valence-corrected chi connectivity index (χ2v) is 4.59. The first kappa shape index (κ1) is 12.8. The molecule has 0 spiro atoms. The molecule has 1 amide bonds. The Labute approximate surface area is 106 Å². The van der Waals surface area contributed by atoms with Gasteiger partial charge in [0, 0.05) is 18.7 Å². The van der Waals surface area contributed by atoms with Gasteiger partial charge < -0.3 is 16.0 Å². The molecular weight excluding hydrogens is 233 g/mol. The fraction of sp³-hybridized carbons (Fsp3) is 0.462. The molecule has 98 valence electrons. The number of carbonyl (C=O) groups is 1. The van der Waals surface area contributed by atoms with Crippen LogP contribution in [0.1, 0.15) is 19.3 Å². The van der Waals surface area contributed by atoms with E-state index in [9.17, 15) is 9.18 Å².